The lowest BCUT2D eigenvalue weighted by Crippen LogP contribution is -2.03. The number of anilines is 1. The minimum absolute atomic E-state index is 0.00836. The summed E-state index contributed by atoms with van der Waals surface area (Å²) in [6.45, 7) is 0.256. The Bertz CT molecular complexity index is 683. The van der Waals surface area contributed by atoms with Crippen molar-refractivity contribution in [2.75, 3.05) is 18.5 Å². The van der Waals surface area contributed by atoms with E-state index in [0.717, 1.165) is 22.4 Å². The molecule has 0 unspecified atom stereocenters. The van der Waals surface area contributed by atoms with Gasteiger partial charge in [0.25, 0.3) is 0 Å². The standard InChI is InChI=1S/C16H14ClNO3/c17-14-9-15-11(8-16(20)18-15)7-13(14)10-1-3-12(4-2-10)21-6-5-19/h1-4,7,9,19H,5-6,8H2,(H,18,20). The number of hydrogen-bond donors (Lipinski definition) is 2. The van der Waals surface area contributed by atoms with E-state index >= 15 is 0 Å². The van der Waals surface area contributed by atoms with E-state index in [4.69, 9.17) is 21.4 Å². The summed E-state index contributed by atoms with van der Waals surface area (Å²) in [5, 5.41) is 12.1. The van der Waals surface area contributed by atoms with Gasteiger partial charge in [-0.1, -0.05) is 23.7 Å². The number of rotatable bonds is 4. The normalized spacial score (nSPS) is 13.0. The first-order valence-corrected chi connectivity index (χ1v) is 7.01. The van der Waals surface area contributed by atoms with Crippen molar-refractivity contribution >= 4 is 23.2 Å². The highest BCUT2D eigenvalue weighted by Crippen LogP contribution is 2.36. The van der Waals surface area contributed by atoms with Crippen molar-refractivity contribution in [3.63, 3.8) is 0 Å². The monoisotopic (exact) mass is 303 g/mol. The van der Waals surface area contributed by atoms with E-state index in [0.29, 0.717) is 17.2 Å². The van der Waals surface area contributed by atoms with E-state index in [2.05, 4.69) is 5.32 Å². The Hall–Kier alpha value is -2.04. The third kappa shape index (κ3) is 2.86. The van der Waals surface area contributed by atoms with Crippen LogP contribution in [-0.4, -0.2) is 24.2 Å². The largest absolute Gasteiger partial charge is 0.491 e. The molecule has 108 valence electrons. The zero-order valence-corrected chi connectivity index (χ0v) is 12.0. The molecule has 0 saturated carbocycles. The van der Waals surface area contributed by atoms with Crippen molar-refractivity contribution < 1.29 is 14.6 Å². The van der Waals surface area contributed by atoms with Crippen LogP contribution in [0.2, 0.25) is 5.02 Å². The van der Waals surface area contributed by atoms with Crippen molar-refractivity contribution in [1.82, 2.24) is 0 Å². The molecule has 2 N–H and O–H groups in total. The van der Waals surface area contributed by atoms with Gasteiger partial charge in [0.15, 0.2) is 0 Å². The number of ether oxygens (including phenoxy) is 1. The molecule has 0 aliphatic carbocycles. The number of amides is 1. The van der Waals surface area contributed by atoms with Gasteiger partial charge >= 0.3 is 0 Å². The van der Waals surface area contributed by atoms with Crippen molar-refractivity contribution in [3.05, 3.63) is 47.0 Å². The molecule has 1 aliphatic rings. The molecule has 1 amide bonds. The SMILES string of the molecule is O=C1Cc2cc(-c3ccc(OCCO)cc3)c(Cl)cc2N1. The second-order valence-corrected chi connectivity index (χ2v) is 5.22. The molecule has 0 radical (unpaired) electrons. The van der Waals surface area contributed by atoms with Gasteiger partial charge in [-0.05, 0) is 35.4 Å². The molecule has 2 aromatic rings. The number of nitrogens with one attached hydrogen (secondary N) is 1. The lowest BCUT2D eigenvalue weighted by atomic mass is 10.0. The van der Waals surface area contributed by atoms with E-state index in [1.807, 2.05) is 30.3 Å². The van der Waals surface area contributed by atoms with Crippen LogP contribution in [-0.2, 0) is 11.2 Å². The molecule has 0 fully saturated rings. The second-order valence-electron chi connectivity index (χ2n) is 4.81. The molecule has 0 saturated heterocycles. The van der Waals surface area contributed by atoms with Crippen molar-refractivity contribution in [3.8, 4) is 16.9 Å². The molecule has 0 aromatic heterocycles. The number of fused-ring (bicyclic) bond motifs is 1. The first-order valence-electron chi connectivity index (χ1n) is 6.64. The smallest absolute Gasteiger partial charge is 0.228 e. The minimum Gasteiger partial charge on any atom is -0.491 e. The van der Waals surface area contributed by atoms with Gasteiger partial charge in [0, 0.05) is 11.3 Å². The summed E-state index contributed by atoms with van der Waals surface area (Å²) >= 11 is 6.30. The van der Waals surface area contributed by atoms with Crippen LogP contribution in [0.4, 0.5) is 5.69 Å². The Morgan fingerprint density at radius 3 is 2.71 bits per heavy atom. The third-order valence-electron chi connectivity index (χ3n) is 3.34. The van der Waals surface area contributed by atoms with Gasteiger partial charge in [-0.2, -0.15) is 0 Å². The lowest BCUT2D eigenvalue weighted by Gasteiger charge is -2.09. The summed E-state index contributed by atoms with van der Waals surface area (Å²) < 4.78 is 5.33. The predicted octanol–water partition coefficient (Wildman–Crippen LogP) is 2.87. The molecule has 21 heavy (non-hydrogen) atoms. The molecular formula is C16H14ClNO3. The zero-order valence-electron chi connectivity index (χ0n) is 11.2. The molecule has 1 aliphatic heterocycles. The van der Waals surface area contributed by atoms with Gasteiger partial charge in [-0.25, -0.2) is 0 Å². The van der Waals surface area contributed by atoms with Crippen LogP contribution in [0.15, 0.2) is 36.4 Å². The number of carbonyl (C=O) groups is 1. The molecule has 1 heterocycles. The van der Waals surface area contributed by atoms with Crippen LogP contribution < -0.4 is 10.1 Å². The highest BCUT2D eigenvalue weighted by Gasteiger charge is 2.19. The van der Waals surface area contributed by atoms with E-state index in [1.165, 1.54) is 0 Å². The molecule has 0 atom stereocenters. The number of carbonyl (C=O) groups excluding carboxylic acids is 1. The van der Waals surface area contributed by atoms with Crippen LogP contribution in [0.5, 0.6) is 5.75 Å². The van der Waals surface area contributed by atoms with Crippen molar-refractivity contribution in [1.29, 1.82) is 0 Å². The van der Waals surface area contributed by atoms with Crippen molar-refractivity contribution in [2.45, 2.75) is 6.42 Å². The summed E-state index contributed by atoms with van der Waals surface area (Å²) in [6.07, 6.45) is 0.386. The maximum atomic E-state index is 11.4. The number of benzene rings is 2. The summed E-state index contributed by atoms with van der Waals surface area (Å²) in [6, 6.07) is 11.2. The van der Waals surface area contributed by atoms with E-state index < -0.39 is 0 Å². The fourth-order valence-corrected chi connectivity index (χ4v) is 2.64. The third-order valence-corrected chi connectivity index (χ3v) is 3.66. The Morgan fingerprint density at radius 1 is 1.24 bits per heavy atom. The Labute approximate surface area is 127 Å². The first-order chi connectivity index (χ1) is 10.2. The number of aliphatic hydroxyl groups is 1. The highest BCUT2D eigenvalue weighted by molar-refractivity contribution is 6.34. The van der Waals surface area contributed by atoms with Crippen LogP contribution in [0, 0.1) is 0 Å². The van der Waals surface area contributed by atoms with Gasteiger partial charge in [0.05, 0.1) is 18.1 Å². The maximum absolute atomic E-state index is 11.4. The van der Waals surface area contributed by atoms with Crippen molar-refractivity contribution in [2.24, 2.45) is 0 Å². The molecule has 2 aromatic carbocycles. The van der Waals surface area contributed by atoms with Gasteiger partial charge < -0.3 is 15.2 Å². The molecule has 3 rings (SSSR count). The number of halogens is 1. The van der Waals surface area contributed by atoms with Crippen LogP contribution in [0.1, 0.15) is 5.56 Å². The minimum atomic E-state index is -0.0145. The summed E-state index contributed by atoms with van der Waals surface area (Å²) in [5.41, 5.74) is 3.59. The second kappa shape index (κ2) is 5.76. The number of hydrogen-bond acceptors (Lipinski definition) is 3. The van der Waals surface area contributed by atoms with Crippen LogP contribution in [0.3, 0.4) is 0 Å². The van der Waals surface area contributed by atoms with Crippen LogP contribution in [0.25, 0.3) is 11.1 Å². The Kier molecular flexibility index (Phi) is 3.82. The quantitative estimate of drug-likeness (QED) is 0.913. The number of aliphatic hydroxyl groups excluding tert-OH is 1. The van der Waals surface area contributed by atoms with Gasteiger partial charge in [-0.15, -0.1) is 0 Å². The van der Waals surface area contributed by atoms with Gasteiger partial charge in [0.2, 0.25) is 5.91 Å². The molecule has 0 bridgehead atoms. The lowest BCUT2D eigenvalue weighted by molar-refractivity contribution is -0.115. The van der Waals surface area contributed by atoms with Gasteiger partial charge in [0.1, 0.15) is 12.4 Å². The fourth-order valence-electron chi connectivity index (χ4n) is 2.36. The summed E-state index contributed by atoms with van der Waals surface area (Å²) in [7, 11) is 0. The maximum Gasteiger partial charge on any atom is 0.228 e. The Balaban J connectivity index is 1.90. The van der Waals surface area contributed by atoms with E-state index in [-0.39, 0.29) is 19.1 Å². The molecule has 0 spiro atoms. The predicted molar refractivity (Wildman–Crippen MR) is 81.8 cm³/mol. The fraction of sp³-hybridized carbons (Fsp3) is 0.188. The van der Waals surface area contributed by atoms with Gasteiger partial charge in [-0.3, -0.25) is 4.79 Å². The van der Waals surface area contributed by atoms with E-state index in [9.17, 15) is 4.79 Å². The summed E-state index contributed by atoms with van der Waals surface area (Å²) in [4.78, 5) is 11.4. The zero-order chi connectivity index (χ0) is 14.8. The first kappa shape index (κ1) is 13.9. The molecule has 4 nitrogen and oxygen atoms in total. The topological polar surface area (TPSA) is 58.6 Å². The van der Waals surface area contributed by atoms with Crippen LogP contribution >= 0.6 is 11.6 Å². The molecular weight excluding hydrogens is 290 g/mol. The summed E-state index contributed by atoms with van der Waals surface area (Å²) in [5.74, 6) is 0.688. The Morgan fingerprint density at radius 2 is 2.00 bits per heavy atom. The molecule has 5 heteroatoms. The highest BCUT2D eigenvalue weighted by atomic mass is 35.5. The van der Waals surface area contributed by atoms with E-state index in [1.54, 1.807) is 6.07 Å². The average molecular weight is 304 g/mol. The average Bonchev–Trinajstić information content (AvgIpc) is 2.84.